The SMILES string of the molecule is CCCC(C)(CCOc1ccc(Br)cc1)CNCC(C)C. The fourth-order valence-electron chi connectivity index (χ4n) is 2.51. The van der Waals surface area contributed by atoms with Gasteiger partial charge in [0.05, 0.1) is 6.61 Å². The average Bonchev–Trinajstić information content (AvgIpc) is 2.41. The molecule has 0 aromatic heterocycles. The third-order valence-corrected chi connectivity index (χ3v) is 4.27. The van der Waals surface area contributed by atoms with Crippen LogP contribution in [0.4, 0.5) is 0 Å². The van der Waals surface area contributed by atoms with E-state index in [1.54, 1.807) is 0 Å². The molecular weight excluding hydrogens is 326 g/mol. The first kappa shape index (κ1) is 18.5. The maximum absolute atomic E-state index is 5.88. The molecule has 3 heteroatoms. The van der Waals surface area contributed by atoms with E-state index in [4.69, 9.17) is 4.74 Å². The summed E-state index contributed by atoms with van der Waals surface area (Å²) < 4.78 is 6.97. The lowest BCUT2D eigenvalue weighted by atomic mass is 9.82. The highest BCUT2D eigenvalue weighted by atomic mass is 79.9. The van der Waals surface area contributed by atoms with Crippen molar-refractivity contribution in [2.24, 2.45) is 11.3 Å². The van der Waals surface area contributed by atoms with Gasteiger partial charge in [0.15, 0.2) is 0 Å². The molecular formula is C18H30BrNO. The summed E-state index contributed by atoms with van der Waals surface area (Å²) in [5, 5.41) is 3.60. The summed E-state index contributed by atoms with van der Waals surface area (Å²) in [4.78, 5) is 0. The largest absolute Gasteiger partial charge is 0.494 e. The Hall–Kier alpha value is -0.540. The summed E-state index contributed by atoms with van der Waals surface area (Å²) in [6, 6.07) is 8.06. The first-order valence-electron chi connectivity index (χ1n) is 8.04. The normalized spacial score (nSPS) is 14.2. The van der Waals surface area contributed by atoms with Crippen molar-refractivity contribution in [3.05, 3.63) is 28.7 Å². The van der Waals surface area contributed by atoms with Crippen molar-refractivity contribution < 1.29 is 4.74 Å². The summed E-state index contributed by atoms with van der Waals surface area (Å²) in [6.07, 6.45) is 3.54. The van der Waals surface area contributed by atoms with Crippen LogP contribution in [-0.4, -0.2) is 19.7 Å². The molecule has 0 radical (unpaired) electrons. The molecule has 0 aliphatic rings. The molecule has 0 aliphatic heterocycles. The minimum Gasteiger partial charge on any atom is -0.494 e. The van der Waals surface area contributed by atoms with Gasteiger partial charge in [-0.15, -0.1) is 0 Å². The maximum Gasteiger partial charge on any atom is 0.119 e. The van der Waals surface area contributed by atoms with E-state index in [1.807, 2.05) is 24.3 Å². The van der Waals surface area contributed by atoms with Crippen molar-refractivity contribution in [1.29, 1.82) is 0 Å². The molecule has 0 spiro atoms. The Bertz CT molecular complexity index is 391. The second-order valence-corrected chi connectivity index (χ2v) is 7.55. The van der Waals surface area contributed by atoms with Crippen molar-refractivity contribution in [1.82, 2.24) is 5.32 Å². The predicted octanol–water partition coefficient (Wildman–Crippen LogP) is 5.27. The van der Waals surface area contributed by atoms with E-state index in [0.29, 0.717) is 11.3 Å². The van der Waals surface area contributed by atoms with E-state index in [-0.39, 0.29) is 0 Å². The van der Waals surface area contributed by atoms with Crippen molar-refractivity contribution in [3.8, 4) is 5.75 Å². The monoisotopic (exact) mass is 355 g/mol. The van der Waals surface area contributed by atoms with Gasteiger partial charge in [-0.1, -0.05) is 50.0 Å². The number of halogens is 1. The molecule has 1 aromatic carbocycles. The smallest absolute Gasteiger partial charge is 0.119 e. The molecule has 21 heavy (non-hydrogen) atoms. The summed E-state index contributed by atoms with van der Waals surface area (Å²) in [5.74, 6) is 1.65. The van der Waals surface area contributed by atoms with Crippen molar-refractivity contribution in [3.63, 3.8) is 0 Å². The van der Waals surface area contributed by atoms with E-state index in [9.17, 15) is 0 Å². The molecule has 0 fully saturated rings. The van der Waals surface area contributed by atoms with Gasteiger partial charge in [0.2, 0.25) is 0 Å². The fraction of sp³-hybridized carbons (Fsp3) is 0.667. The molecule has 0 amide bonds. The van der Waals surface area contributed by atoms with Crippen LogP contribution in [0.1, 0.15) is 47.0 Å². The lowest BCUT2D eigenvalue weighted by Crippen LogP contribution is -2.35. The van der Waals surface area contributed by atoms with Crippen molar-refractivity contribution in [2.75, 3.05) is 19.7 Å². The zero-order chi connectivity index (χ0) is 15.7. The van der Waals surface area contributed by atoms with Gasteiger partial charge >= 0.3 is 0 Å². The topological polar surface area (TPSA) is 21.3 Å². The Morgan fingerprint density at radius 2 is 1.86 bits per heavy atom. The molecule has 0 saturated heterocycles. The minimum atomic E-state index is 0.318. The van der Waals surface area contributed by atoms with Crippen LogP contribution in [0.25, 0.3) is 0 Å². The highest BCUT2D eigenvalue weighted by molar-refractivity contribution is 9.10. The summed E-state index contributed by atoms with van der Waals surface area (Å²) >= 11 is 3.44. The van der Waals surface area contributed by atoms with E-state index in [1.165, 1.54) is 12.8 Å². The third kappa shape index (κ3) is 7.87. The number of ether oxygens (including phenoxy) is 1. The lowest BCUT2D eigenvalue weighted by Gasteiger charge is -2.30. The number of hydrogen-bond acceptors (Lipinski definition) is 2. The van der Waals surface area contributed by atoms with Crippen LogP contribution < -0.4 is 10.1 Å². The zero-order valence-corrected chi connectivity index (χ0v) is 15.5. The molecule has 0 saturated carbocycles. The third-order valence-electron chi connectivity index (χ3n) is 3.75. The molecule has 2 nitrogen and oxygen atoms in total. The molecule has 1 N–H and O–H groups in total. The van der Waals surface area contributed by atoms with Gasteiger partial charge in [-0.3, -0.25) is 0 Å². The van der Waals surface area contributed by atoms with E-state index in [0.717, 1.165) is 36.3 Å². The second-order valence-electron chi connectivity index (χ2n) is 6.64. The Balaban J connectivity index is 2.40. The highest BCUT2D eigenvalue weighted by Crippen LogP contribution is 2.27. The number of nitrogens with one attached hydrogen (secondary N) is 1. The minimum absolute atomic E-state index is 0.318. The molecule has 1 unspecified atom stereocenters. The first-order chi connectivity index (χ1) is 9.95. The zero-order valence-electron chi connectivity index (χ0n) is 13.9. The molecule has 0 aliphatic carbocycles. The second kappa shape index (κ2) is 9.47. The lowest BCUT2D eigenvalue weighted by molar-refractivity contribution is 0.191. The Morgan fingerprint density at radius 1 is 1.19 bits per heavy atom. The Kier molecular flexibility index (Phi) is 8.35. The number of benzene rings is 1. The predicted molar refractivity (Wildman–Crippen MR) is 95.0 cm³/mol. The summed E-state index contributed by atoms with van der Waals surface area (Å²) in [5.41, 5.74) is 0.318. The molecule has 120 valence electrons. The van der Waals surface area contributed by atoms with Crippen LogP contribution in [-0.2, 0) is 0 Å². The quantitative estimate of drug-likeness (QED) is 0.617. The Morgan fingerprint density at radius 3 is 2.43 bits per heavy atom. The van der Waals surface area contributed by atoms with Crippen LogP contribution in [0.2, 0.25) is 0 Å². The van der Waals surface area contributed by atoms with Crippen LogP contribution >= 0.6 is 15.9 Å². The maximum atomic E-state index is 5.88. The summed E-state index contributed by atoms with van der Waals surface area (Å²) in [6.45, 7) is 12.1. The van der Waals surface area contributed by atoms with E-state index >= 15 is 0 Å². The number of rotatable bonds is 10. The number of hydrogen-bond donors (Lipinski definition) is 1. The van der Waals surface area contributed by atoms with Crippen LogP contribution in [0.15, 0.2) is 28.7 Å². The molecule has 1 rings (SSSR count). The van der Waals surface area contributed by atoms with Crippen molar-refractivity contribution in [2.45, 2.75) is 47.0 Å². The van der Waals surface area contributed by atoms with Gasteiger partial charge in [-0.25, -0.2) is 0 Å². The van der Waals surface area contributed by atoms with Gasteiger partial charge in [0.1, 0.15) is 5.75 Å². The van der Waals surface area contributed by atoms with Crippen LogP contribution in [0.5, 0.6) is 5.75 Å². The van der Waals surface area contributed by atoms with Crippen LogP contribution in [0, 0.1) is 11.3 Å². The van der Waals surface area contributed by atoms with Gasteiger partial charge in [-0.2, -0.15) is 0 Å². The van der Waals surface area contributed by atoms with Crippen LogP contribution in [0.3, 0.4) is 0 Å². The molecule has 0 bridgehead atoms. The molecule has 1 aromatic rings. The van der Waals surface area contributed by atoms with Gasteiger partial charge in [0, 0.05) is 11.0 Å². The Labute approximate surface area is 138 Å². The first-order valence-corrected chi connectivity index (χ1v) is 8.83. The van der Waals surface area contributed by atoms with E-state index < -0.39 is 0 Å². The van der Waals surface area contributed by atoms with Gasteiger partial charge < -0.3 is 10.1 Å². The molecule has 1 atom stereocenters. The molecule has 0 heterocycles. The average molecular weight is 356 g/mol. The van der Waals surface area contributed by atoms with E-state index in [2.05, 4.69) is 48.9 Å². The summed E-state index contributed by atoms with van der Waals surface area (Å²) in [7, 11) is 0. The standard InChI is InChI=1S/C18H30BrNO/c1-5-10-18(4,14-20-13-15(2)3)11-12-21-17-8-6-16(19)7-9-17/h6-9,15,20H,5,10-14H2,1-4H3. The highest BCUT2D eigenvalue weighted by Gasteiger charge is 2.23. The fourth-order valence-corrected chi connectivity index (χ4v) is 2.78. The van der Waals surface area contributed by atoms with Crippen molar-refractivity contribution >= 4 is 15.9 Å². The van der Waals surface area contributed by atoms with Gasteiger partial charge in [-0.05, 0) is 55.0 Å². The van der Waals surface area contributed by atoms with Gasteiger partial charge in [0.25, 0.3) is 0 Å².